The monoisotopic (exact) mass is 314 g/mol. The first kappa shape index (κ1) is 16.4. The standard InChI is InChI=1S/C13H18N2O7/c1-2-21-7-3-4-8(9(5-7)15(19)20)14-13-12(18)11(17)10(6-16)22-13/h3-5,10-14,16-18H,2,6H2,1H3/t10-,11+,12+,13-/m1/s1. The molecule has 0 bridgehead atoms. The Morgan fingerprint density at radius 3 is 2.68 bits per heavy atom. The van der Waals surface area contributed by atoms with E-state index in [1.54, 1.807) is 13.0 Å². The van der Waals surface area contributed by atoms with Crippen molar-refractivity contribution < 1.29 is 29.7 Å². The van der Waals surface area contributed by atoms with Crippen LogP contribution in [0.4, 0.5) is 11.4 Å². The van der Waals surface area contributed by atoms with Crippen molar-refractivity contribution in [3.05, 3.63) is 28.3 Å². The van der Waals surface area contributed by atoms with Crippen LogP contribution in [0.15, 0.2) is 18.2 Å². The van der Waals surface area contributed by atoms with Crippen LogP contribution in [0, 0.1) is 10.1 Å². The van der Waals surface area contributed by atoms with E-state index in [2.05, 4.69) is 5.32 Å². The molecule has 1 heterocycles. The van der Waals surface area contributed by atoms with Crippen LogP contribution in [-0.2, 0) is 4.74 Å². The second kappa shape index (κ2) is 6.88. The second-order valence-electron chi connectivity index (χ2n) is 4.77. The van der Waals surface area contributed by atoms with Gasteiger partial charge in [-0.05, 0) is 19.1 Å². The number of benzene rings is 1. The van der Waals surface area contributed by atoms with Crippen LogP contribution in [0.3, 0.4) is 0 Å². The van der Waals surface area contributed by atoms with Crippen molar-refractivity contribution in [2.75, 3.05) is 18.5 Å². The average molecular weight is 314 g/mol. The predicted octanol–water partition coefficient (Wildman–Crippen LogP) is -0.156. The van der Waals surface area contributed by atoms with Crippen LogP contribution in [0.2, 0.25) is 0 Å². The average Bonchev–Trinajstić information content (AvgIpc) is 2.76. The third-order valence-corrected chi connectivity index (χ3v) is 3.32. The van der Waals surface area contributed by atoms with Gasteiger partial charge < -0.3 is 30.1 Å². The molecule has 0 saturated carbocycles. The van der Waals surface area contributed by atoms with Gasteiger partial charge >= 0.3 is 0 Å². The largest absolute Gasteiger partial charge is 0.494 e. The number of ether oxygens (including phenoxy) is 2. The molecule has 1 aromatic rings. The fourth-order valence-corrected chi connectivity index (χ4v) is 2.21. The number of aliphatic hydroxyl groups excluding tert-OH is 3. The number of nitrogens with zero attached hydrogens (tertiary/aromatic N) is 1. The zero-order chi connectivity index (χ0) is 16.3. The highest BCUT2D eigenvalue weighted by Crippen LogP contribution is 2.32. The molecule has 0 unspecified atom stereocenters. The first-order valence-electron chi connectivity index (χ1n) is 6.78. The minimum Gasteiger partial charge on any atom is -0.494 e. The molecule has 9 heteroatoms. The normalized spacial score (nSPS) is 27.6. The van der Waals surface area contributed by atoms with Crippen LogP contribution in [0.1, 0.15) is 6.92 Å². The van der Waals surface area contributed by atoms with E-state index in [1.165, 1.54) is 12.1 Å². The zero-order valence-corrected chi connectivity index (χ0v) is 11.9. The molecule has 0 aromatic heterocycles. The summed E-state index contributed by atoms with van der Waals surface area (Å²) in [4.78, 5) is 10.5. The molecule has 1 saturated heterocycles. The van der Waals surface area contributed by atoms with Gasteiger partial charge in [0.05, 0.1) is 24.2 Å². The fraction of sp³-hybridized carbons (Fsp3) is 0.538. The van der Waals surface area contributed by atoms with Gasteiger partial charge in [-0.3, -0.25) is 10.1 Å². The van der Waals surface area contributed by atoms with Gasteiger partial charge in [-0.25, -0.2) is 0 Å². The third kappa shape index (κ3) is 3.28. The van der Waals surface area contributed by atoms with E-state index in [0.29, 0.717) is 12.4 Å². The van der Waals surface area contributed by atoms with Gasteiger partial charge in [0.25, 0.3) is 5.69 Å². The summed E-state index contributed by atoms with van der Waals surface area (Å²) in [5.74, 6) is 0.348. The zero-order valence-electron chi connectivity index (χ0n) is 11.9. The summed E-state index contributed by atoms with van der Waals surface area (Å²) in [7, 11) is 0. The Morgan fingerprint density at radius 2 is 2.14 bits per heavy atom. The molecule has 1 aromatic carbocycles. The lowest BCUT2D eigenvalue weighted by molar-refractivity contribution is -0.384. The molecule has 122 valence electrons. The maximum absolute atomic E-state index is 11.1. The second-order valence-corrected chi connectivity index (χ2v) is 4.77. The molecule has 0 spiro atoms. The van der Waals surface area contributed by atoms with E-state index >= 15 is 0 Å². The quantitative estimate of drug-likeness (QED) is 0.420. The van der Waals surface area contributed by atoms with E-state index in [9.17, 15) is 20.3 Å². The summed E-state index contributed by atoms with van der Waals surface area (Å²) in [6, 6.07) is 4.23. The Labute approximate surface area is 126 Å². The first-order valence-corrected chi connectivity index (χ1v) is 6.78. The highest BCUT2D eigenvalue weighted by molar-refractivity contribution is 5.64. The molecular weight excluding hydrogens is 296 g/mol. The molecule has 1 aliphatic heterocycles. The van der Waals surface area contributed by atoms with Crippen molar-refractivity contribution in [1.29, 1.82) is 0 Å². The molecule has 1 fully saturated rings. The molecule has 22 heavy (non-hydrogen) atoms. The fourth-order valence-electron chi connectivity index (χ4n) is 2.21. The topological polar surface area (TPSA) is 134 Å². The van der Waals surface area contributed by atoms with Crippen molar-refractivity contribution in [2.45, 2.75) is 31.5 Å². The number of hydrogen-bond acceptors (Lipinski definition) is 8. The van der Waals surface area contributed by atoms with Gasteiger partial charge in [0.2, 0.25) is 0 Å². The summed E-state index contributed by atoms with van der Waals surface area (Å²) >= 11 is 0. The molecule has 0 amide bonds. The van der Waals surface area contributed by atoms with E-state index in [-0.39, 0.29) is 11.4 Å². The summed E-state index contributed by atoms with van der Waals surface area (Å²) in [6.07, 6.45) is -4.61. The highest BCUT2D eigenvalue weighted by atomic mass is 16.6. The number of nitro groups is 1. The molecule has 4 N–H and O–H groups in total. The van der Waals surface area contributed by atoms with Crippen LogP contribution >= 0.6 is 0 Å². The predicted molar refractivity (Wildman–Crippen MR) is 75.6 cm³/mol. The maximum Gasteiger partial charge on any atom is 0.296 e. The summed E-state index contributed by atoms with van der Waals surface area (Å²) in [5, 5.41) is 42.3. The maximum atomic E-state index is 11.1. The summed E-state index contributed by atoms with van der Waals surface area (Å²) in [5.41, 5.74) is -0.132. The Balaban J connectivity index is 2.20. The molecule has 1 aliphatic rings. The van der Waals surface area contributed by atoms with E-state index < -0.39 is 36.1 Å². The summed E-state index contributed by atoms with van der Waals surface area (Å²) in [6.45, 7) is 1.66. The molecule has 2 rings (SSSR count). The van der Waals surface area contributed by atoms with Gasteiger partial charge in [0.1, 0.15) is 29.7 Å². The molecular formula is C13H18N2O7. The number of nitrogens with one attached hydrogen (secondary N) is 1. The first-order chi connectivity index (χ1) is 10.5. The van der Waals surface area contributed by atoms with Crippen molar-refractivity contribution in [2.24, 2.45) is 0 Å². The molecule has 0 radical (unpaired) electrons. The number of nitro benzene ring substituents is 1. The minimum atomic E-state index is -1.32. The highest BCUT2D eigenvalue weighted by Gasteiger charge is 2.42. The Kier molecular flexibility index (Phi) is 5.14. The molecule has 0 aliphatic carbocycles. The van der Waals surface area contributed by atoms with E-state index in [1.807, 2.05) is 0 Å². The van der Waals surface area contributed by atoms with Crippen molar-refractivity contribution in [1.82, 2.24) is 0 Å². The van der Waals surface area contributed by atoms with Crippen LogP contribution < -0.4 is 10.1 Å². The van der Waals surface area contributed by atoms with Crippen LogP contribution in [0.25, 0.3) is 0 Å². The minimum absolute atomic E-state index is 0.114. The van der Waals surface area contributed by atoms with Crippen molar-refractivity contribution >= 4 is 11.4 Å². The number of aliphatic hydroxyl groups is 3. The lowest BCUT2D eigenvalue weighted by Gasteiger charge is -2.18. The van der Waals surface area contributed by atoms with Crippen LogP contribution in [-0.4, -0.2) is 58.0 Å². The third-order valence-electron chi connectivity index (χ3n) is 3.32. The van der Waals surface area contributed by atoms with E-state index in [0.717, 1.165) is 0 Å². The van der Waals surface area contributed by atoms with Gasteiger partial charge in [-0.15, -0.1) is 0 Å². The van der Waals surface area contributed by atoms with Gasteiger partial charge in [0.15, 0.2) is 6.23 Å². The molecule has 9 nitrogen and oxygen atoms in total. The Hall–Kier alpha value is -1.94. The Morgan fingerprint density at radius 1 is 1.41 bits per heavy atom. The summed E-state index contributed by atoms with van der Waals surface area (Å²) < 4.78 is 10.4. The number of rotatable bonds is 6. The lowest BCUT2D eigenvalue weighted by atomic mass is 10.1. The molecule has 4 atom stereocenters. The van der Waals surface area contributed by atoms with Gasteiger partial charge in [-0.1, -0.05) is 0 Å². The van der Waals surface area contributed by atoms with Gasteiger partial charge in [-0.2, -0.15) is 0 Å². The van der Waals surface area contributed by atoms with Gasteiger partial charge in [0, 0.05) is 0 Å². The van der Waals surface area contributed by atoms with Crippen LogP contribution in [0.5, 0.6) is 5.75 Å². The van der Waals surface area contributed by atoms with E-state index in [4.69, 9.17) is 14.6 Å². The van der Waals surface area contributed by atoms with Crippen molar-refractivity contribution in [3.8, 4) is 5.75 Å². The smallest absolute Gasteiger partial charge is 0.296 e. The SMILES string of the molecule is CCOc1ccc(N[C@@H]2O[C@H](CO)[C@H](O)[C@@H]2O)c([N+](=O)[O-])c1. The number of anilines is 1. The number of hydrogen-bond donors (Lipinski definition) is 4. The Bertz CT molecular complexity index is 539. The lowest BCUT2D eigenvalue weighted by Crippen LogP contribution is -2.36. The van der Waals surface area contributed by atoms with Crippen molar-refractivity contribution in [3.63, 3.8) is 0 Å².